The van der Waals surface area contributed by atoms with Crippen molar-refractivity contribution in [2.75, 3.05) is 30.8 Å². The number of hydrogen-bond donors (Lipinski definition) is 2. The summed E-state index contributed by atoms with van der Waals surface area (Å²) < 4.78 is 0.823. The lowest BCUT2D eigenvalue weighted by atomic mass is 10.4. The maximum absolute atomic E-state index is 12.0. The first-order valence-corrected chi connectivity index (χ1v) is 8.11. The number of nitrogens with one attached hydrogen (secondary N) is 2. The van der Waals surface area contributed by atoms with Crippen LogP contribution in [0.5, 0.6) is 0 Å². The molecule has 0 aliphatic heterocycles. The molecule has 0 aliphatic rings. The highest BCUT2D eigenvalue weighted by Gasteiger charge is 2.12. The van der Waals surface area contributed by atoms with Gasteiger partial charge in [0, 0.05) is 16.9 Å². The van der Waals surface area contributed by atoms with Crippen LogP contribution in [0.1, 0.15) is 0 Å². The van der Waals surface area contributed by atoms with Crippen LogP contribution >= 0.6 is 27.5 Å². The van der Waals surface area contributed by atoms with Crippen molar-refractivity contribution in [2.45, 2.75) is 0 Å². The highest BCUT2D eigenvalue weighted by Crippen LogP contribution is 2.17. The van der Waals surface area contributed by atoms with E-state index in [-0.39, 0.29) is 30.1 Å². The van der Waals surface area contributed by atoms with Gasteiger partial charge in [0.2, 0.25) is 11.8 Å². The third-order valence-corrected chi connectivity index (χ3v) is 3.63. The number of anilines is 2. The molecule has 0 unspecified atom stereocenters. The van der Waals surface area contributed by atoms with E-state index < -0.39 is 0 Å². The number of nitrogens with zero attached hydrogens (tertiary/aromatic N) is 3. The number of likely N-dealkylation sites (N-methyl/N-ethyl adjacent to an activating group) is 1. The minimum Gasteiger partial charge on any atom is -0.322 e. The Bertz CT molecular complexity index is 726. The molecule has 9 heteroatoms. The topological polar surface area (TPSA) is 87.2 Å². The molecule has 0 aromatic carbocycles. The molecule has 2 amide bonds. The van der Waals surface area contributed by atoms with Gasteiger partial charge in [-0.3, -0.25) is 14.5 Å². The maximum atomic E-state index is 12.0. The smallest absolute Gasteiger partial charge is 0.239 e. The summed E-state index contributed by atoms with van der Waals surface area (Å²) in [5.41, 5.74) is 0.432. The van der Waals surface area contributed by atoms with Crippen LogP contribution in [0.25, 0.3) is 0 Å². The van der Waals surface area contributed by atoms with Gasteiger partial charge >= 0.3 is 0 Å². The zero-order chi connectivity index (χ0) is 17.5. The van der Waals surface area contributed by atoms with Gasteiger partial charge in [-0.05, 0) is 47.2 Å². The van der Waals surface area contributed by atoms with Gasteiger partial charge in [0.25, 0.3) is 0 Å². The highest BCUT2D eigenvalue weighted by molar-refractivity contribution is 9.10. The molecule has 0 bridgehead atoms. The van der Waals surface area contributed by atoms with E-state index in [2.05, 4.69) is 36.5 Å². The fourth-order valence-electron chi connectivity index (χ4n) is 1.85. The van der Waals surface area contributed by atoms with Crippen LogP contribution in [-0.2, 0) is 9.59 Å². The van der Waals surface area contributed by atoms with E-state index >= 15 is 0 Å². The molecule has 2 aromatic heterocycles. The predicted molar refractivity (Wildman–Crippen MR) is 95.9 cm³/mol. The Morgan fingerprint density at radius 2 is 1.88 bits per heavy atom. The van der Waals surface area contributed by atoms with Crippen LogP contribution in [0.3, 0.4) is 0 Å². The molecule has 0 saturated heterocycles. The third kappa shape index (κ3) is 5.88. The van der Waals surface area contributed by atoms with Crippen molar-refractivity contribution >= 4 is 50.9 Å². The molecule has 2 aromatic rings. The van der Waals surface area contributed by atoms with E-state index in [9.17, 15) is 9.59 Å². The average molecular weight is 413 g/mol. The third-order valence-electron chi connectivity index (χ3n) is 2.86. The van der Waals surface area contributed by atoms with Gasteiger partial charge in [-0.2, -0.15) is 0 Å². The molecular formula is C15H15BrClN5O2. The molecular weight excluding hydrogens is 398 g/mol. The first-order chi connectivity index (χ1) is 11.4. The Kier molecular flexibility index (Phi) is 6.65. The van der Waals surface area contributed by atoms with Crippen molar-refractivity contribution in [3.8, 4) is 0 Å². The van der Waals surface area contributed by atoms with Gasteiger partial charge in [-0.25, -0.2) is 9.97 Å². The SMILES string of the molecule is CN(CC(=O)Nc1ccc(Br)cn1)CC(=O)Nc1cccnc1Cl. The first-order valence-electron chi connectivity index (χ1n) is 6.94. The number of pyridine rings is 2. The van der Waals surface area contributed by atoms with Crippen LogP contribution in [-0.4, -0.2) is 46.8 Å². The lowest BCUT2D eigenvalue weighted by molar-refractivity contribution is -0.119. The number of amides is 2. The largest absolute Gasteiger partial charge is 0.322 e. The Morgan fingerprint density at radius 3 is 2.50 bits per heavy atom. The monoisotopic (exact) mass is 411 g/mol. The molecule has 0 aliphatic carbocycles. The van der Waals surface area contributed by atoms with Crippen molar-refractivity contribution in [1.29, 1.82) is 0 Å². The first kappa shape index (κ1) is 18.3. The minimum absolute atomic E-state index is 0.0341. The van der Waals surface area contributed by atoms with Crippen LogP contribution in [0, 0.1) is 0 Å². The number of aromatic nitrogens is 2. The van der Waals surface area contributed by atoms with E-state index in [4.69, 9.17) is 11.6 Å². The predicted octanol–water partition coefficient (Wildman–Crippen LogP) is 2.40. The highest BCUT2D eigenvalue weighted by atomic mass is 79.9. The molecule has 7 nitrogen and oxygen atoms in total. The summed E-state index contributed by atoms with van der Waals surface area (Å²) in [5.74, 6) is -0.107. The molecule has 2 N–H and O–H groups in total. The summed E-state index contributed by atoms with van der Waals surface area (Å²) in [4.78, 5) is 33.4. The van der Waals surface area contributed by atoms with Crippen LogP contribution in [0.2, 0.25) is 5.15 Å². The molecule has 0 saturated carbocycles. The molecule has 0 spiro atoms. The zero-order valence-corrected chi connectivity index (χ0v) is 15.1. The van der Waals surface area contributed by atoms with Crippen molar-refractivity contribution in [3.63, 3.8) is 0 Å². The van der Waals surface area contributed by atoms with Gasteiger partial charge < -0.3 is 10.6 Å². The number of carbonyl (C=O) groups is 2. The van der Waals surface area contributed by atoms with Crippen LogP contribution < -0.4 is 10.6 Å². The summed E-state index contributed by atoms with van der Waals surface area (Å²) in [7, 11) is 1.67. The molecule has 2 rings (SSSR count). The van der Waals surface area contributed by atoms with E-state index in [0.717, 1.165) is 4.47 Å². The van der Waals surface area contributed by atoms with Crippen molar-refractivity contribution in [1.82, 2.24) is 14.9 Å². The maximum Gasteiger partial charge on any atom is 0.239 e. The van der Waals surface area contributed by atoms with Crippen LogP contribution in [0.15, 0.2) is 41.1 Å². The summed E-state index contributed by atoms with van der Waals surface area (Å²) in [5, 5.41) is 5.52. The van der Waals surface area contributed by atoms with E-state index in [1.54, 1.807) is 42.4 Å². The van der Waals surface area contributed by atoms with Gasteiger partial charge in [0.1, 0.15) is 5.82 Å². The average Bonchev–Trinajstić information content (AvgIpc) is 2.51. The minimum atomic E-state index is -0.290. The summed E-state index contributed by atoms with van der Waals surface area (Å²) >= 11 is 9.15. The number of rotatable bonds is 6. The molecule has 0 atom stereocenters. The number of hydrogen-bond acceptors (Lipinski definition) is 5. The summed E-state index contributed by atoms with van der Waals surface area (Å²) in [6.07, 6.45) is 3.12. The Hall–Kier alpha value is -2.03. The Morgan fingerprint density at radius 1 is 1.17 bits per heavy atom. The van der Waals surface area contributed by atoms with E-state index in [0.29, 0.717) is 11.5 Å². The normalized spacial score (nSPS) is 10.5. The Balaban J connectivity index is 1.80. The van der Waals surface area contributed by atoms with Gasteiger partial charge in [-0.15, -0.1) is 0 Å². The van der Waals surface area contributed by atoms with Gasteiger partial charge in [0.15, 0.2) is 5.15 Å². The second-order valence-electron chi connectivity index (χ2n) is 4.97. The summed E-state index contributed by atoms with van der Waals surface area (Å²) in [6.45, 7) is 0.0817. The fraction of sp³-hybridized carbons (Fsp3) is 0.200. The van der Waals surface area contributed by atoms with Crippen molar-refractivity contribution in [2.24, 2.45) is 0 Å². The van der Waals surface area contributed by atoms with E-state index in [1.807, 2.05) is 0 Å². The lowest BCUT2D eigenvalue weighted by Crippen LogP contribution is -2.36. The fourth-order valence-corrected chi connectivity index (χ4v) is 2.25. The van der Waals surface area contributed by atoms with Crippen molar-refractivity contribution < 1.29 is 9.59 Å². The van der Waals surface area contributed by atoms with Gasteiger partial charge in [0.05, 0.1) is 18.8 Å². The molecule has 24 heavy (non-hydrogen) atoms. The zero-order valence-electron chi connectivity index (χ0n) is 12.8. The summed E-state index contributed by atoms with van der Waals surface area (Å²) in [6, 6.07) is 6.78. The van der Waals surface area contributed by atoms with Crippen molar-refractivity contribution in [3.05, 3.63) is 46.3 Å². The Labute approximate surface area is 152 Å². The second-order valence-corrected chi connectivity index (χ2v) is 6.25. The number of carbonyl (C=O) groups excluding carboxylic acids is 2. The molecule has 0 radical (unpaired) electrons. The van der Waals surface area contributed by atoms with Gasteiger partial charge in [-0.1, -0.05) is 11.6 Å². The second kappa shape index (κ2) is 8.72. The standard InChI is InChI=1S/C15H15BrClN5O2/c1-22(8-13(23)20-11-3-2-6-18-15(11)17)9-14(24)21-12-5-4-10(16)7-19-12/h2-7H,8-9H2,1H3,(H,20,23)(H,19,21,24). The lowest BCUT2D eigenvalue weighted by Gasteiger charge is -2.16. The number of halogens is 2. The molecule has 2 heterocycles. The van der Waals surface area contributed by atoms with E-state index in [1.165, 1.54) is 6.20 Å². The molecule has 0 fully saturated rings. The van der Waals surface area contributed by atoms with Crippen LogP contribution in [0.4, 0.5) is 11.5 Å². The molecule has 126 valence electrons. The quantitative estimate of drug-likeness (QED) is 0.712.